The zero-order valence-electron chi connectivity index (χ0n) is 17.6. The first-order valence-electron chi connectivity index (χ1n) is 10.8. The highest BCUT2D eigenvalue weighted by Crippen LogP contribution is 2.29. The monoisotopic (exact) mass is 441 g/mol. The van der Waals surface area contributed by atoms with Gasteiger partial charge in [0.25, 0.3) is 0 Å². The van der Waals surface area contributed by atoms with Crippen molar-refractivity contribution in [3.05, 3.63) is 64.7 Å². The standard InChI is InChI=1S/C24H28ClN3O3/c25-19-7-4-8-20(15-19)27-11-13-28(14-12-27)24(30)17-31-16-23(29)26-22-10-3-6-18-5-1-2-9-21(18)22/h1-2,4-5,7-9,15,22H,3,6,10-14,16-17H2,(H,26,29)/t22-/m0/s1. The first-order chi connectivity index (χ1) is 15.1. The van der Waals surface area contributed by atoms with E-state index < -0.39 is 0 Å². The minimum absolute atomic E-state index is 0.0244. The number of nitrogens with one attached hydrogen (secondary N) is 1. The summed E-state index contributed by atoms with van der Waals surface area (Å²) in [6, 6.07) is 16.0. The summed E-state index contributed by atoms with van der Waals surface area (Å²) in [6.45, 7) is 2.56. The summed E-state index contributed by atoms with van der Waals surface area (Å²) < 4.78 is 5.43. The van der Waals surface area contributed by atoms with Gasteiger partial charge in [-0.1, -0.05) is 41.9 Å². The second-order valence-corrected chi connectivity index (χ2v) is 8.49. The van der Waals surface area contributed by atoms with Gasteiger partial charge in [-0.05, 0) is 48.6 Å². The number of anilines is 1. The molecule has 6 nitrogen and oxygen atoms in total. The average Bonchev–Trinajstić information content (AvgIpc) is 2.79. The molecule has 0 bridgehead atoms. The van der Waals surface area contributed by atoms with Crippen LogP contribution in [0.1, 0.15) is 30.0 Å². The van der Waals surface area contributed by atoms with Crippen molar-refractivity contribution in [1.29, 1.82) is 0 Å². The Kier molecular flexibility index (Phi) is 7.10. The van der Waals surface area contributed by atoms with E-state index in [2.05, 4.69) is 22.3 Å². The molecule has 2 aromatic rings. The predicted molar refractivity (Wildman–Crippen MR) is 121 cm³/mol. The minimum Gasteiger partial charge on any atom is -0.368 e. The Balaban J connectivity index is 1.18. The molecule has 0 unspecified atom stereocenters. The van der Waals surface area contributed by atoms with Crippen LogP contribution >= 0.6 is 11.6 Å². The topological polar surface area (TPSA) is 61.9 Å². The van der Waals surface area contributed by atoms with Crippen LogP contribution in [-0.4, -0.2) is 56.1 Å². The summed E-state index contributed by atoms with van der Waals surface area (Å²) in [5, 5.41) is 3.76. The number of piperazine rings is 1. The molecule has 7 heteroatoms. The smallest absolute Gasteiger partial charge is 0.248 e. The number of carbonyl (C=O) groups excluding carboxylic acids is 2. The number of fused-ring (bicyclic) bond motifs is 1. The van der Waals surface area contributed by atoms with Gasteiger partial charge in [0.05, 0.1) is 6.04 Å². The van der Waals surface area contributed by atoms with Crippen molar-refractivity contribution in [3.63, 3.8) is 0 Å². The Morgan fingerprint density at radius 1 is 1.03 bits per heavy atom. The fourth-order valence-electron chi connectivity index (χ4n) is 4.35. The second-order valence-electron chi connectivity index (χ2n) is 8.05. The number of nitrogens with zero attached hydrogens (tertiary/aromatic N) is 2. The van der Waals surface area contributed by atoms with Crippen LogP contribution in [0, 0.1) is 0 Å². The largest absolute Gasteiger partial charge is 0.368 e. The number of hydrogen-bond donors (Lipinski definition) is 1. The van der Waals surface area contributed by atoms with Gasteiger partial charge in [0.15, 0.2) is 0 Å². The minimum atomic E-state index is -0.180. The summed E-state index contributed by atoms with van der Waals surface area (Å²) in [6.07, 6.45) is 3.04. The van der Waals surface area contributed by atoms with Crippen LogP contribution in [0.25, 0.3) is 0 Å². The lowest BCUT2D eigenvalue weighted by Crippen LogP contribution is -2.50. The van der Waals surface area contributed by atoms with Crippen LogP contribution in [0.5, 0.6) is 0 Å². The van der Waals surface area contributed by atoms with E-state index in [4.69, 9.17) is 16.3 Å². The molecule has 1 aliphatic heterocycles. The summed E-state index contributed by atoms with van der Waals surface area (Å²) in [5.74, 6) is -0.262. The summed E-state index contributed by atoms with van der Waals surface area (Å²) >= 11 is 6.07. The molecular formula is C24H28ClN3O3. The van der Waals surface area contributed by atoms with Crippen molar-refractivity contribution in [1.82, 2.24) is 10.2 Å². The number of carbonyl (C=O) groups is 2. The van der Waals surface area contributed by atoms with E-state index in [1.54, 1.807) is 4.90 Å². The molecule has 0 saturated carbocycles. The first-order valence-corrected chi connectivity index (χ1v) is 11.2. The van der Waals surface area contributed by atoms with Crippen molar-refractivity contribution in [2.24, 2.45) is 0 Å². The molecule has 0 spiro atoms. The maximum Gasteiger partial charge on any atom is 0.248 e. The molecule has 1 N–H and O–H groups in total. The Hall–Kier alpha value is -2.57. The molecule has 0 radical (unpaired) electrons. The van der Waals surface area contributed by atoms with Gasteiger partial charge >= 0.3 is 0 Å². The van der Waals surface area contributed by atoms with Gasteiger partial charge in [-0.3, -0.25) is 9.59 Å². The predicted octanol–water partition coefficient (Wildman–Crippen LogP) is 3.20. The molecule has 164 valence electrons. The third kappa shape index (κ3) is 5.57. The Morgan fingerprint density at radius 3 is 2.65 bits per heavy atom. The zero-order valence-corrected chi connectivity index (χ0v) is 18.3. The van der Waals surface area contributed by atoms with Crippen LogP contribution in [0.2, 0.25) is 5.02 Å². The maximum atomic E-state index is 12.5. The lowest BCUT2D eigenvalue weighted by Gasteiger charge is -2.36. The number of ether oxygens (including phenoxy) is 1. The van der Waals surface area contributed by atoms with Crippen LogP contribution in [0.4, 0.5) is 5.69 Å². The molecule has 1 fully saturated rings. The van der Waals surface area contributed by atoms with E-state index >= 15 is 0 Å². The zero-order chi connectivity index (χ0) is 21.6. The molecule has 2 amide bonds. The maximum absolute atomic E-state index is 12.5. The van der Waals surface area contributed by atoms with E-state index in [9.17, 15) is 9.59 Å². The van der Waals surface area contributed by atoms with Gasteiger partial charge in [0.1, 0.15) is 13.2 Å². The lowest BCUT2D eigenvalue weighted by molar-refractivity contribution is -0.138. The first kappa shape index (κ1) is 21.7. The number of rotatable bonds is 6. The molecule has 0 aromatic heterocycles. The Labute approximate surface area is 188 Å². The van der Waals surface area contributed by atoms with Crippen molar-refractivity contribution in [2.75, 3.05) is 44.3 Å². The van der Waals surface area contributed by atoms with Crippen LogP contribution < -0.4 is 10.2 Å². The van der Waals surface area contributed by atoms with Crippen LogP contribution in [-0.2, 0) is 20.7 Å². The molecule has 1 atom stereocenters. The molecule has 2 aliphatic rings. The van der Waals surface area contributed by atoms with Gasteiger partial charge in [-0.2, -0.15) is 0 Å². The Morgan fingerprint density at radius 2 is 1.84 bits per heavy atom. The van der Waals surface area contributed by atoms with Gasteiger partial charge in [0.2, 0.25) is 11.8 Å². The van der Waals surface area contributed by atoms with Crippen molar-refractivity contribution < 1.29 is 14.3 Å². The SMILES string of the molecule is O=C(COCC(=O)N1CCN(c2cccc(Cl)c2)CC1)N[C@H]1CCCc2ccccc21. The molecule has 4 rings (SSSR count). The second kappa shape index (κ2) is 10.2. The van der Waals surface area contributed by atoms with Crippen LogP contribution in [0.3, 0.4) is 0 Å². The Bertz CT molecular complexity index is 928. The van der Waals surface area contributed by atoms with Crippen molar-refractivity contribution in [3.8, 4) is 0 Å². The fraction of sp³-hybridized carbons (Fsp3) is 0.417. The van der Waals surface area contributed by atoms with E-state index in [0.29, 0.717) is 18.1 Å². The highest BCUT2D eigenvalue weighted by molar-refractivity contribution is 6.30. The number of amides is 2. The highest BCUT2D eigenvalue weighted by atomic mass is 35.5. The van der Waals surface area contributed by atoms with E-state index in [1.807, 2.05) is 36.4 Å². The fourth-order valence-corrected chi connectivity index (χ4v) is 4.53. The van der Waals surface area contributed by atoms with Crippen LogP contribution in [0.15, 0.2) is 48.5 Å². The van der Waals surface area contributed by atoms with E-state index in [1.165, 1.54) is 11.1 Å². The molecular weight excluding hydrogens is 414 g/mol. The number of benzene rings is 2. The summed E-state index contributed by atoms with van der Waals surface area (Å²) in [4.78, 5) is 28.8. The normalized spacial score (nSPS) is 18.4. The molecule has 31 heavy (non-hydrogen) atoms. The number of halogens is 1. The van der Waals surface area contributed by atoms with Gasteiger partial charge in [0, 0.05) is 36.9 Å². The quantitative estimate of drug-likeness (QED) is 0.747. The van der Waals surface area contributed by atoms with E-state index in [-0.39, 0.29) is 31.1 Å². The third-order valence-electron chi connectivity index (χ3n) is 5.97. The summed E-state index contributed by atoms with van der Waals surface area (Å²) in [5.41, 5.74) is 3.56. The molecule has 1 heterocycles. The highest BCUT2D eigenvalue weighted by Gasteiger charge is 2.23. The summed E-state index contributed by atoms with van der Waals surface area (Å²) in [7, 11) is 0. The van der Waals surface area contributed by atoms with Gasteiger partial charge in [-0.25, -0.2) is 0 Å². The number of aryl methyl sites for hydroxylation is 1. The third-order valence-corrected chi connectivity index (χ3v) is 6.20. The lowest BCUT2D eigenvalue weighted by atomic mass is 9.88. The number of hydrogen-bond acceptors (Lipinski definition) is 4. The molecule has 1 saturated heterocycles. The van der Waals surface area contributed by atoms with E-state index in [0.717, 1.165) is 38.0 Å². The average molecular weight is 442 g/mol. The van der Waals surface area contributed by atoms with Gasteiger partial charge < -0.3 is 19.9 Å². The van der Waals surface area contributed by atoms with Crippen molar-refractivity contribution in [2.45, 2.75) is 25.3 Å². The molecule has 1 aliphatic carbocycles. The molecule has 2 aromatic carbocycles. The van der Waals surface area contributed by atoms with Crippen molar-refractivity contribution >= 4 is 29.1 Å². The van der Waals surface area contributed by atoms with Gasteiger partial charge in [-0.15, -0.1) is 0 Å².